The monoisotopic (exact) mass is 299 g/mol. The summed E-state index contributed by atoms with van der Waals surface area (Å²) in [6.45, 7) is 15.8. The van der Waals surface area contributed by atoms with Gasteiger partial charge >= 0.3 is 0 Å². The molecule has 2 saturated heterocycles. The normalized spacial score (nSPS) is 20.8. The van der Waals surface area contributed by atoms with Crippen molar-refractivity contribution < 1.29 is 4.79 Å². The molecule has 2 aliphatic rings. The Kier molecular flexibility index (Phi) is 11.9. The molecule has 2 rings (SSSR count). The number of piperazine rings is 1. The van der Waals surface area contributed by atoms with Crippen molar-refractivity contribution in [3.63, 3.8) is 0 Å². The van der Waals surface area contributed by atoms with Crippen molar-refractivity contribution in [2.45, 2.75) is 46.6 Å². The molecule has 21 heavy (non-hydrogen) atoms. The summed E-state index contributed by atoms with van der Waals surface area (Å²) >= 11 is 0. The van der Waals surface area contributed by atoms with Gasteiger partial charge in [0.15, 0.2) is 0 Å². The van der Waals surface area contributed by atoms with Gasteiger partial charge in [0, 0.05) is 38.1 Å². The lowest BCUT2D eigenvalue weighted by molar-refractivity contribution is -0.110. The maximum atomic E-state index is 9.50. The van der Waals surface area contributed by atoms with Crippen LogP contribution in [0.15, 0.2) is 0 Å². The van der Waals surface area contributed by atoms with Crippen molar-refractivity contribution in [3.05, 3.63) is 0 Å². The number of rotatable bonds is 2. The van der Waals surface area contributed by atoms with Crippen molar-refractivity contribution in [1.82, 2.24) is 14.7 Å². The Morgan fingerprint density at radius 1 is 0.762 bits per heavy atom. The van der Waals surface area contributed by atoms with E-state index in [-0.39, 0.29) is 5.92 Å². The van der Waals surface area contributed by atoms with E-state index in [1.54, 1.807) is 0 Å². The average molecular weight is 300 g/mol. The molecule has 2 aliphatic heterocycles. The molecule has 0 amide bonds. The number of carbonyl (C=O) groups excluding carboxylic acids is 1. The van der Waals surface area contributed by atoms with Crippen LogP contribution in [0.3, 0.4) is 0 Å². The van der Waals surface area contributed by atoms with Crippen LogP contribution in [0.5, 0.6) is 0 Å². The molecule has 4 heteroatoms. The quantitative estimate of drug-likeness (QED) is 0.730. The number of hydrogen-bond donors (Lipinski definition) is 0. The Morgan fingerprint density at radius 3 is 1.29 bits per heavy atom. The van der Waals surface area contributed by atoms with E-state index in [9.17, 15) is 4.79 Å². The van der Waals surface area contributed by atoms with Crippen LogP contribution in [0.25, 0.3) is 0 Å². The van der Waals surface area contributed by atoms with Gasteiger partial charge in [-0.25, -0.2) is 0 Å². The van der Waals surface area contributed by atoms with Gasteiger partial charge < -0.3 is 19.5 Å². The second-order valence-corrected chi connectivity index (χ2v) is 6.82. The highest BCUT2D eigenvalue weighted by atomic mass is 16.1. The first-order chi connectivity index (χ1) is 9.86. The molecule has 0 aliphatic carbocycles. The van der Waals surface area contributed by atoms with Crippen LogP contribution in [0.4, 0.5) is 0 Å². The molecule has 0 atom stereocenters. The predicted octanol–water partition coefficient (Wildman–Crippen LogP) is 2.20. The molecule has 126 valence electrons. The van der Waals surface area contributed by atoms with Gasteiger partial charge in [-0.15, -0.1) is 0 Å². The van der Waals surface area contributed by atoms with Gasteiger partial charge in [-0.1, -0.05) is 13.8 Å². The largest absolute Gasteiger partial charge is 0.304 e. The Bertz CT molecular complexity index is 232. The number of likely N-dealkylation sites (tertiary alicyclic amines) is 1. The third kappa shape index (κ3) is 11.8. The lowest BCUT2D eigenvalue weighted by Crippen LogP contribution is -2.42. The van der Waals surface area contributed by atoms with Crippen molar-refractivity contribution in [3.8, 4) is 0 Å². The number of nitrogens with zero attached hydrogens (tertiary/aromatic N) is 3. The third-order valence-corrected chi connectivity index (χ3v) is 3.87. The molecular weight excluding hydrogens is 262 g/mol. The van der Waals surface area contributed by atoms with E-state index in [4.69, 9.17) is 0 Å². The predicted molar refractivity (Wildman–Crippen MR) is 91.8 cm³/mol. The summed E-state index contributed by atoms with van der Waals surface area (Å²) in [5.41, 5.74) is 0. The average Bonchev–Trinajstić information content (AvgIpc) is 2.98. The SMILES string of the molecule is CC(C)C=O.CC(C)N1CCCC1.CN1CCN(C)CC1. The Morgan fingerprint density at radius 2 is 1.10 bits per heavy atom. The molecule has 2 fully saturated rings. The van der Waals surface area contributed by atoms with Gasteiger partial charge in [0.1, 0.15) is 6.29 Å². The number of aldehydes is 1. The zero-order chi connectivity index (χ0) is 16.3. The van der Waals surface area contributed by atoms with Crippen LogP contribution in [0.1, 0.15) is 40.5 Å². The van der Waals surface area contributed by atoms with Crippen LogP contribution in [-0.4, -0.2) is 80.4 Å². The highest BCUT2D eigenvalue weighted by molar-refractivity contribution is 5.51. The second-order valence-electron chi connectivity index (χ2n) is 6.82. The molecule has 0 N–H and O–H groups in total. The van der Waals surface area contributed by atoms with Crippen LogP contribution in [-0.2, 0) is 4.79 Å². The van der Waals surface area contributed by atoms with Crippen LogP contribution < -0.4 is 0 Å². The molecule has 0 radical (unpaired) electrons. The van der Waals surface area contributed by atoms with Crippen molar-refractivity contribution in [1.29, 1.82) is 0 Å². The van der Waals surface area contributed by atoms with Crippen LogP contribution >= 0.6 is 0 Å². The molecule has 2 heterocycles. The Labute approximate surface area is 132 Å². The van der Waals surface area contributed by atoms with E-state index < -0.39 is 0 Å². The molecular formula is C17H37N3O. The van der Waals surface area contributed by atoms with E-state index in [2.05, 4.69) is 42.6 Å². The minimum atomic E-state index is 0.204. The van der Waals surface area contributed by atoms with Crippen LogP contribution in [0.2, 0.25) is 0 Å². The zero-order valence-corrected chi connectivity index (χ0v) is 15.1. The molecule has 0 aromatic rings. The van der Waals surface area contributed by atoms with Gasteiger partial charge in [-0.3, -0.25) is 0 Å². The van der Waals surface area contributed by atoms with Crippen LogP contribution in [0, 0.1) is 5.92 Å². The number of hydrogen-bond acceptors (Lipinski definition) is 4. The summed E-state index contributed by atoms with van der Waals surface area (Å²) in [4.78, 5) is 16.8. The molecule has 0 saturated carbocycles. The Balaban J connectivity index is 0.000000296. The highest BCUT2D eigenvalue weighted by Gasteiger charge is 2.13. The summed E-state index contributed by atoms with van der Waals surface area (Å²) in [6.07, 6.45) is 3.75. The Hall–Kier alpha value is -0.450. The first-order valence-electron chi connectivity index (χ1n) is 8.43. The molecule has 0 bridgehead atoms. The zero-order valence-electron chi connectivity index (χ0n) is 15.1. The molecule has 0 unspecified atom stereocenters. The van der Waals surface area contributed by atoms with Gasteiger partial charge in [0.25, 0.3) is 0 Å². The fraction of sp³-hybridized carbons (Fsp3) is 0.941. The summed E-state index contributed by atoms with van der Waals surface area (Å²) in [5.74, 6) is 0.204. The summed E-state index contributed by atoms with van der Waals surface area (Å²) < 4.78 is 0. The number of likely N-dealkylation sites (N-methyl/N-ethyl adjacent to an activating group) is 2. The van der Waals surface area contributed by atoms with Crippen molar-refractivity contribution in [2.24, 2.45) is 5.92 Å². The maximum Gasteiger partial charge on any atom is 0.122 e. The third-order valence-electron chi connectivity index (χ3n) is 3.87. The fourth-order valence-corrected chi connectivity index (χ4v) is 2.16. The summed E-state index contributed by atoms with van der Waals surface area (Å²) in [5, 5.41) is 0. The minimum Gasteiger partial charge on any atom is -0.304 e. The van der Waals surface area contributed by atoms with Crippen molar-refractivity contribution >= 4 is 6.29 Å². The summed E-state index contributed by atoms with van der Waals surface area (Å²) in [6, 6.07) is 0.775. The first kappa shape index (κ1) is 20.6. The minimum absolute atomic E-state index is 0.204. The highest BCUT2D eigenvalue weighted by Crippen LogP contribution is 2.09. The summed E-state index contributed by atoms with van der Waals surface area (Å²) in [7, 11) is 4.35. The lowest BCUT2D eigenvalue weighted by Gasteiger charge is -2.28. The van der Waals surface area contributed by atoms with E-state index in [0.29, 0.717) is 0 Å². The second kappa shape index (κ2) is 12.1. The van der Waals surface area contributed by atoms with E-state index in [0.717, 1.165) is 12.3 Å². The van der Waals surface area contributed by atoms with Gasteiger partial charge in [0.2, 0.25) is 0 Å². The number of carbonyl (C=O) groups is 1. The fourth-order valence-electron chi connectivity index (χ4n) is 2.16. The first-order valence-corrected chi connectivity index (χ1v) is 8.43. The smallest absolute Gasteiger partial charge is 0.122 e. The topological polar surface area (TPSA) is 26.8 Å². The van der Waals surface area contributed by atoms with Crippen molar-refractivity contribution in [2.75, 3.05) is 53.4 Å². The molecule has 4 nitrogen and oxygen atoms in total. The van der Waals surface area contributed by atoms with Gasteiger partial charge in [-0.05, 0) is 53.9 Å². The molecule has 0 aromatic heterocycles. The standard InChI is InChI=1S/C7H15N.C6H14N2.C4H8O/c1-7(2)8-5-3-4-6-8;1-7-3-5-8(2)6-4-7;1-4(2)3-5/h7H,3-6H2,1-2H3;3-6H2,1-2H3;3-4H,1-2H3. The molecule has 0 spiro atoms. The molecule has 0 aromatic carbocycles. The van der Waals surface area contributed by atoms with E-state index in [1.807, 2.05) is 13.8 Å². The van der Waals surface area contributed by atoms with E-state index in [1.165, 1.54) is 52.1 Å². The van der Waals surface area contributed by atoms with Gasteiger partial charge in [-0.2, -0.15) is 0 Å². The maximum absolute atomic E-state index is 9.50. The van der Waals surface area contributed by atoms with E-state index >= 15 is 0 Å². The lowest BCUT2D eigenvalue weighted by atomic mass is 10.3. The van der Waals surface area contributed by atoms with Gasteiger partial charge in [0.05, 0.1) is 0 Å².